The average molecular weight is 311 g/mol. The lowest BCUT2D eigenvalue weighted by Crippen LogP contribution is -2.39. The third-order valence-corrected chi connectivity index (χ3v) is 3.91. The minimum Gasteiger partial charge on any atom is -0.508 e. The van der Waals surface area contributed by atoms with Gasteiger partial charge in [-0.15, -0.1) is 0 Å². The number of benzene rings is 2. The van der Waals surface area contributed by atoms with Gasteiger partial charge in [0.15, 0.2) is 0 Å². The molecule has 23 heavy (non-hydrogen) atoms. The Kier molecular flexibility index (Phi) is 4.86. The summed E-state index contributed by atoms with van der Waals surface area (Å²) in [6.07, 6.45) is 0. The molecule has 2 nitrogen and oxygen atoms in total. The fraction of sp³-hybridized carbons (Fsp3) is 0.429. The molecule has 0 saturated heterocycles. The minimum atomic E-state index is -0.00868. The molecular formula is C21H29NO. The fourth-order valence-electron chi connectivity index (χ4n) is 2.63. The van der Waals surface area contributed by atoms with Crippen LogP contribution in [0.5, 0.6) is 5.75 Å². The molecule has 0 amide bonds. The SMILES string of the molecule is CC(C)(C)N[C@@H](c1ccc(O)cc1)c1ccc(C(C)(C)C)cc1. The maximum atomic E-state index is 9.55. The Labute approximate surface area is 140 Å². The molecule has 2 rings (SSSR count). The minimum absolute atomic E-state index is 0.00868. The second-order valence-electron chi connectivity index (χ2n) is 8.29. The van der Waals surface area contributed by atoms with Gasteiger partial charge >= 0.3 is 0 Å². The van der Waals surface area contributed by atoms with Crippen molar-refractivity contribution in [1.82, 2.24) is 5.32 Å². The van der Waals surface area contributed by atoms with E-state index in [4.69, 9.17) is 0 Å². The lowest BCUT2D eigenvalue weighted by atomic mass is 9.85. The number of aromatic hydroxyl groups is 1. The summed E-state index contributed by atoms with van der Waals surface area (Å²) in [6.45, 7) is 13.2. The number of phenols is 1. The van der Waals surface area contributed by atoms with Gasteiger partial charge in [-0.1, -0.05) is 57.2 Å². The van der Waals surface area contributed by atoms with Crippen molar-refractivity contribution >= 4 is 0 Å². The van der Waals surface area contributed by atoms with Crippen LogP contribution in [0.15, 0.2) is 48.5 Å². The number of nitrogens with one attached hydrogen (secondary N) is 1. The maximum Gasteiger partial charge on any atom is 0.115 e. The molecule has 0 aliphatic heterocycles. The van der Waals surface area contributed by atoms with E-state index in [0.29, 0.717) is 5.75 Å². The van der Waals surface area contributed by atoms with Gasteiger partial charge in [-0.3, -0.25) is 0 Å². The van der Waals surface area contributed by atoms with Crippen molar-refractivity contribution in [3.05, 3.63) is 65.2 Å². The van der Waals surface area contributed by atoms with Gasteiger partial charge in [0, 0.05) is 5.54 Å². The van der Waals surface area contributed by atoms with Crippen LogP contribution in [-0.4, -0.2) is 10.6 Å². The first-order valence-electron chi connectivity index (χ1n) is 8.23. The van der Waals surface area contributed by atoms with Crippen LogP contribution in [0.3, 0.4) is 0 Å². The molecule has 0 aliphatic rings. The van der Waals surface area contributed by atoms with Gasteiger partial charge < -0.3 is 10.4 Å². The van der Waals surface area contributed by atoms with E-state index >= 15 is 0 Å². The molecule has 0 radical (unpaired) electrons. The zero-order valence-corrected chi connectivity index (χ0v) is 15.1. The highest BCUT2D eigenvalue weighted by Gasteiger charge is 2.21. The van der Waals surface area contributed by atoms with E-state index < -0.39 is 0 Å². The van der Waals surface area contributed by atoms with Gasteiger partial charge in [-0.05, 0) is 55.0 Å². The van der Waals surface area contributed by atoms with Crippen LogP contribution < -0.4 is 5.32 Å². The lowest BCUT2D eigenvalue weighted by molar-refractivity contribution is 0.390. The summed E-state index contributed by atoms with van der Waals surface area (Å²) in [5.74, 6) is 0.298. The Hall–Kier alpha value is -1.80. The van der Waals surface area contributed by atoms with Crippen molar-refractivity contribution in [2.45, 2.75) is 58.5 Å². The monoisotopic (exact) mass is 311 g/mol. The standard InChI is InChI=1S/C21H29NO/c1-20(2,3)17-11-7-15(8-12-17)19(22-21(4,5)6)16-9-13-18(23)14-10-16/h7-14,19,22-23H,1-6H3/t19-/m1/s1. The second kappa shape index (κ2) is 6.37. The molecular weight excluding hydrogens is 282 g/mol. The van der Waals surface area contributed by atoms with Crippen molar-refractivity contribution in [1.29, 1.82) is 0 Å². The highest BCUT2D eigenvalue weighted by Crippen LogP contribution is 2.29. The molecule has 0 unspecified atom stereocenters. The van der Waals surface area contributed by atoms with Crippen LogP contribution in [0.25, 0.3) is 0 Å². The summed E-state index contributed by atoms with van der Waals surface area (Å²) in [5, 5.41) is 13.2. The van der Waals surface area contributed by atoms with E-state index in [9.17, 15) is 5.11 Å². The van der Waals surface area contributed by atoms with E-state index in [1.54, 1.807) is 12.1 Å². The molecule has 2 aromatic rings. The van der Waals surface area contributed by atoms with Crippen LogP contribution in [-0.2, 0) is 5.41 Å². The Morgan fingerprint density at radius 2 is 1.17 bits per heavy atom. The van der Waals surface area contributed by atoms with E-state index in [1.165, 1.54) is 11.1 Å². The van der Waals surface area contributed by atoms with Gasteiger partial charge in [0.05, 0.1) is 6.04 Å². The predicted molar refractivity (Wildman–Crippen MR) is 98.0 cm³/mol. The molecule has 0 saturated carbocycles. The van der Waals surface area contributed by atoms with Crippen LogP contribution >= 0.6 is 0 Å². The van der Waals surface area contributed by atoms with Crippen LogP contribution in [0.4, 0.5) is 0 Å². The second-order valence-corrected chi connectivity index (χ2v) is 8.29. The first-order valence-corrected chi connectivity index (χ1v) is 8.23. The van der Waals surface area contributed by atoms with Gasteiger partial charge in [-0.25, -0.2) is 0 Å². The third-order valence-electron chi connectivity index (χ3n) is 3.91. The van der Waals surface area contributed by atoms with Crippen molar-refractivity contribution < 1.29 is 5.11 Å². The smallest absolute Gasteiger partial charge is 0.115 e. The summed E-state index contributed by atoms with van der Waals surface area (Å²) in [6, 6.07) is 16.4. The molecule has 0 bridgehead atoms. The molecule has 2 aromatic carbocycles. The number of hydrogen-bond donors (Lipinski definition) is 2. The summed E-state index contributed by atoms with van der Waals surface area (Å²) in [7, 11) is 0. The topological polar surface area (TPSA) is 32.3 Å². The quantitative estimate of drug-likeness (QED) is 0.820. The largest absolute Gasteiger partial charge is 0.508 e. The Morgan fingerprint density at radius 3 is 1.57 bits per heavy atom. The normalized spacial score (nSPS) is 13.8. The molecule has 1 atom stereocenters. The molecule has 2 N–H and O–H groups in total. The molecule has 0 aliphatic carbocycles. The van der Waals surface area contributed by atoms with E-state index in [-0.39, 0.29) is 17.0 Å². The zero-order chi connectivity index (χ0) is 17.3. The Morgan fingerprint density at radius 1 is 0.739 bits per heavy atom. The van der Waals surface area contributed by atoms with Crippen LogP contribution in [0.2, 0.25) is 0 Å². The molecule has 124 valence electrons. The number of hydrogen-bond acceptors (Lipinski definition) is 2. The van der Waals surface area contributed by atoms with Crippen molar-refractivity contribution in [2.24, 2.45) is 0 Å². The first kappa shape index (κ1) is 17.6. The summed E-state index contributed by atoms with van der Waals surface area (Å²) in [4.78, 5) is 0. The van der Waals surface area contributed by atoms with Gasteiger partial charge in [0.1, 0.15) is 5.75 Å². The first-order chi connectivity index (χ1) is 10.6. The van der Waals surface area contributed by atoms with E-state index in [2.05, 4.69) is 71.1 Å². The van der Waals surface area contributed by atoms with Gasteiger partial charge in [0.25, 0.3) is 0 Å². The molecule has 2 heteroatoms. The molecule has 0 spiro atoms. The van der Waals surface area contributed by atoms with Gasteiger partial charge in [-0.2, -0.15) is 0 Å². The van der Waals surface area contributed by atoms with Crippen LogP contribution in [0, 0.1) is 0 Å². The predicted octanol–water partition coefficient (Wildman–Crippen LogP) is 5.17. The zero-order valence-electron chi connectivity index (χ0n) is 15.1. The van der Waals surface area contributed by atoms with Crippen molar-refractivity contribution in [3.8, 4) is 5.75 Å². The van der Waals surface area contributed by atoms with Crippen molar-refractivity contribution in [3.63, 3.8) is 0 Å². The number of phenolic OH excluding ortho intramolecular Hbond substituents is 1. The van der Waals surface area contributed by atoms with Crippen LogP contribution in [0.1, 0.15) is 64.3 Å². The molecule has 0 heterocycles. The fourth-order valence-corrected chi connectivity index (χ4v) is 2.63. The summed E-state index contributed by atoms with van der Waals surface area (Å²) < 4.78 is 0. The summed E-state index contributed by atoms with van der Waals surface area (Å²) >= 11 is 0. The lowest BCUT2D eigenvalue weighted by Gasteiger charge is -2.30. The van der Waals surface area contributed by atoms with E-state index in [1.807, 2.05) is 12.1 Å². The Balaban J connectivity index is 2.39. The number of rotatable bonds is 3. The molecule has 0 fully saturated rings. The Bertz CT molecular complexity index is 628. The molecule has 0 aromatic heterocycles. The summed E-state index contributed by atoms with van der Waals surface area (Å²) in [5.41, 5.74) is 3.87. The highest BCUT2D eigenvalue weighted by molar-refractivity contribution is 5.37. The third kappa shape index (κ3) is 4.84. The maximum absolute atomic E-state index is 9.55. The van der Waals surface area contributed by atoms with Crippen molar-refractivity contribution in [2.75, 3.05) is 0 Å². The highest BCUT2D eigenvalue weighted by atomic mass is 16.3. The average Bonchev–Trinajstić information content (AvgIpc) is 2.44. The van der Waals surface area contributed by atoms with E-state index in [0.717, 1.165) is 5.56 Å². The van der Waals surface area contributed by atoms with Gasteiger partial charge in [0.2, 0.25) is 0 Å².